The molecule has 0 aromatic carbocycles. The van der Waals surface area contributed by atoms with Crippen LogP contribution in [0.4, 0.5) is 4.39 Å². The summed E-state index contributed by atoms with van der Waals surface area (Å²) in [7, 11) is 0. The summed E-state index contributed by atoms with van der Waals surface area (Å²) in [5, 5.41) is 0. The van der Waals surface area contributed by atoms with Gasteiger partial charge in [-0.15, -0.1) is 0 Å². The van der Waals surface area contributed by atoms with E-state index >= 15 is 0 Å². The van der Waals surface area contributed by atoms with E-state index in [4.69, 9.17) is 9.47 Å². The molecule has 3 heteroatoms. The molecular weight excluding hydrogens is 171 g/mol. The molecule has 0 spiro atoms. The summed E-state index contributed by atoms with van der Waals surface area (Å²) in [6.07, 6.45) is 4.79. The molecule has 1 unspecified atom stereocenters. The third-order valence-corrected chi connectivity index (χ3v) is 2.38. The SMILES string of the molecule is CCCCOC1(CF)CCCCO1. The Hall–Kier alpha value is -0.150. The van der Waals surface area contributed by atoms with Crippen molar-refractivity contribution in [2.75, 3.05) is 19.9 Å². The Morgan fingerprint density at radius 1 is 1.46 bits per heavy atom. The molecule has 78 valence electrons. The minimum atomic E-state index is -0.895. The molecule has 0 bridgehead atoms. The zero-order valence-electron chi connectivity index (χ0n) is 8.35. The second-order valence-electron chi connectivity index (χ2n) is 3.55. The Balaban J connectivity index is 2.29. The first-order valence-electron chi connectivity index (χ1n) is 5.17. The summed E-state index contributed by atoms with van der Waals surface area (Å²) in [5.41, 5.74) is 0. The highest BCUT2D eigenvalue weighted by atomic mass is 19.1. The zero-order chi connectivity index (χ0) is 9.57. The number of ether oxygens (including phenoxy) is 2. The third-order valence-electron chi connectivity index (χ3n) is 2.38. The fourth-order valence-corrected chi connectivity index (χ4v) is 1.49. The molecule has 13 heavy (non-hydrogen) atoms. The van der Waals surface area contributed by atoms with Crippen LogP contribution in [0.5, 0.6) is 0 Å². The van der Waals surface area contributed by atoms with Gasteiger partial charge in [0.15, 0.2) is 5.79 Å². The molecule has 1 atom stereocenters. The van der Waals surface area contributed by atoms with Crippen LogP contribution in [0.3, 0.4) is 0 Å². The standard InChI is InChI=1S/C10H19FO2/c1-2-3-7-12-10(9-11)6-4-5-8-13-10/h2-9H2,1H3. The van der Waals surface area contributed by atoms with Gasteiger partial charge in [0.25, 0.3) is 0 Å². The normalized spacial score (nSPS) is 29.1. The highest BCUT2D eigenvalue weighted by Crippen LogP contribution is 2.26. The van der Waals surface area contributed by atoms with Crippen LogP contribution in [0, 0.1) is 0 Å². The number of hydrogen-bond donors (Lipinski definition) is 0. The zero-order valence-corrected chi connectivity index (χ0v) is 8.35. The van der Waals surface area contributed by atoms with Gasteiger partial charge in [0.1, 0.15) is 6.67 Å². The van der Waals surface area contributed by atoms with Crippen LogP contribution in [-0.4, -0.2) is 25.7 Å². The van der Waals surface area contributed by atoms with E-state index in [1.807, 2.05) is 0 Å². The summed E-state index contributed by atoms with van der Waals surface area (Å²) < 4.78 is 23.5. The van der Waals surface area contributed by atoms with Gasteiger partial charge >= 0.3 is 0 Å². The van der Waals surface area contributed by atoms with Crippen molar-refractivity contribution in [2.45, 2.75) is 44.8 Å². The Kier molecular flexibility index (Phi) is 4.67. The number of unbranched alkanes of at least 4 members (excludes halogenated alkanes) is 1. The Bertz CT molecular complexity index is 133. The van der Waals surface area contributed by atoms with Gasteiger partial charge in [-0.3, -0.25) is 0 Å². The van der Waals surface area contributed by atoms with Crippen LogP contribution >= 0.6 is 0 Å². The van der Waals surface area contributed by atoms with E-state index in [2.05, 4.69) is 6.92 Å². The van der Waals surface area contributed by atoms with Crippen LogP contribution in [0.15, 0.2) is 0 Å². The predicted octanol–water partition coefficient (Wildman–Crippen LogP) is 2.67. The van der Waals surface area contributed by atoms with Crippen molar-refractivity contribution in [1.29, 1.82) is 0 Å². The molecule has 1 rings (SSSR count). The fraction of sp³-hybridized carbons (Fsp3) is 1.00. The number of rotatable bonds is 5. The van der Waals surface area contributed by atoms with Gasteiger partial charge in [0.05, 0.1) is 13.2 Å². The van der Waals surface area contributed by atoms with Crippen molar-refractivity contribution in [3.8, 4) is 0 Å². The third kappa shape index (κ3) is 3.24. The average molecular weight is 190 g/mol. The topological polar surface area (TPSA) is 18.5 Å². The summed E-state index contributed by atoms with van der Waals surface area (Å²) in [4.78, 5) is 0. The maximum absolute atomic E-state index is 12.7. The summed E-state index contributed by atoms with van der Waals surface area (Å²) in [6, 6.07) is 0. The molecule has 0 radical (unpaired) electrons. The molecule has 0 aromatic heterocycles. The molecule has 1 aliphatic heterocycles. The number of alkyl halides is 1. The second kappa shape index (κ2) is 5.55. The molecule has 2 nitrogen and oxygen atoms in total. The second-order valence-corrected chi connectivity index (χ2v) is 3.55. The maximum atomic E-state index is 12.7. The van der Waals surface area contributed by atoms with Crippen LogP contribution in [0.2, 0.25) is 0 Å². The van der Waals surface area contributed by atoms with E-state index in [0.717, 1.165) is 25.7 Å². The first-order chi connectivity index (χ1) is 6.33. The van der Waals surface area contributed by atoms with Crippen LogP contribution in [0.25, 0.3) is 0 Å². The van der Waals surface area contributed by atoms with Crippen molar-refractivity contribution < 1.29 is 13.9 Å². The van der Waals surface area contributed by atoms with Crippen molar-refractivity contribution in [3.63, 3.8) is 0 Å². The molecule has 1 fully saturated rings. The van der Waals surface area contributed by atoms with E-state index in [-0.39, 0.29) is 0 Å². The van der Waals surface area contributed by atoms with Gasteiger partial charge in [-0.2, -0.15) is 0 Å². The van der Waals surface area contributed by atoms with E-state index in [0.29, 0.717) is 19.6 Å². The average Bonchev–Trinajstić information content (AvgIpc) is 2.20. The van der Waals surface area contributed by atoms with Gasteiger partial charge in [-0.05, 0) is 19.3 Å². The first-order valence-corrected chi connectivity index (χ1v) is 5.17. The summed E-state index contributed by atoms with van der Waals surface area (Å²) in [5.74, 6) is -0.895. The van der Waals surface area contributed by atoms with Gasteiger partial charge in [-0.25, -0.2) is 4.39 Å². The maximum Gasteiger partial charge on any atom is 0.196 e. The molecule has 0 aliphatic carbocycles. The lowest BCUT2D eigenvalue weighted by molar-refractivity contribution is -0.262. The molecule has 1 saturated heterocycles. The first kappa shape index (κ1) is 10.9. The Morgan fingerprint density at radius 2 is 2.31 bits per heavy atom. The highest BCUT2D eigenvalue weighted by Gasteiger charge is 2.34. The molecular formula is C10H19FO2. The lowest BCUT2D eigenvalue weighted by Gasteiger charge is -2.34. The van der Waals surface area contributed by atoms with Gasteiger partial charge < -0.3 is 9.47 Å². The molecule has 0 N–H and O–H groups in total. The Morgan fingerprint density at radius 3 is 2.85 bits per heavy atom. The molecule has 0 aromatic rings. The largest absolute Gasteiger partial charge is 0.347 e. The fourth-order valence-electron chi connectivity index (χ4n) is 1.49. The van der Waals surface area contributed by atoms with Crippen molar-refractivity contribution in [1.82, 2.24) is 0 Å². The molecule has 1 aliphatic rings. The van der Waals surface area contributed by atoms with E-state index in [9.17, 15) is 4.39 Å². The smallest absolute Gasteiger partial charge is 0.196 e. The number of hydrogen-bond acceptors (Lipinski definition) is 2. The van der Waals surface area contributed by atoms with Gasteiger partial charge in [-0.1, -0.05) is 13.3 Å². The minimum absolute atomic E-state index is 0.517. The minimum Gasteiger partial charge on any atom is -0.347 e. The monoisotopic (exact) mass is 190 g/mol. The molecule has 1 heterocycles. The number of halogens is 1. The van der Waals surface area contributed by atoms with E-state index in [1.54, 1.807) is 0 Å². The van der Waals surface area contributed by atoms with Crippen molar-refractivity contribution in [2.24, 2.45) is 0 Å². The lowest BCUT2D eigenvalue weighted by Crippen LogP contribution is -2.41. The van der Waals surface area contributed by atoms with Crippen molar-refractivity contribution in [3.05, 3.63) is 0 Å². The van der Waals surface area contributed by atoms with Gasteiger partial charge in [0.2, 0.25) is 0 Å². The summed E-state index contributed by atoms with van der Waals surface area (Å²) in [6.45, 7) is 2.82. The molecule has 0 saturated carbocycles. The van der Waals surface area contributed by atoms with E-state index < -0.39 is 12.5 Å². The van der Waals surface area contributed by atoms with Gasteiger partial charge in [0, 0.05) is 6.42 Å². The predicted molar refractivity (Wildman–Crippen MR) is 49.4 cm³/mol. The van der Waals surface area contributed by atoms with Crippen molar-refractivity contribution >= 4 is 0 Å². The molecule has 0 amide bonds. The summed E-state index contributed by atoms with van der Waals surface area (Å²) >= 11 is 0. The van der Waals surface area contributed by atoms with E-state index in [1.165, 1.54) is 0 Å². The lowest BCUT2D eigenvalue weighted by atomic mass is 10.1. The Labute approximate surface area is 79.4 Å². The highest BCUT2D eigenvalue weighted by molar-refractivity contribution is 4.73. The van der Waals surface area contributed by atoms with Crippen LogP contribution in [0.1, 0.15) is 39.0 Å². The van der Waals surface area contributed by atoms with Crippen LogP contribution in [-0.2, 0) is 9.47 Å². The van der Waals surface area contributed by atoms with Crippen LogP contribution < -0.4 is 0 Å². The quantitative estimate of drug-likeness (QED) is 0.620.